The molecule has 0 bridgehead atoms. The fourth-order valence-corrected chi connectivity index (χ4v) is 3.21. The average molecular weight is 458 g/mol. The van der Waals surface area contributed by atoms with Crippen LogP contribution in [0.1, 0.15) is 12.8 Å². The molecule has 13 heteroatoms. The van der Waals surface area contributed by atoms with Gasteiger partial charge < -0.3 is 25.2 Å². The molecular weight excluding hydrogens is 438 g/mol. The average Bonchev–Trinajstić information content (AvgIpc) is 2.72. The van der Waals surface area contributed by atoms with Gasteiger partial charge in [0.25, 0.3) is 0 Å². The third kappa shape index (κ3) is 5.85. The summed E-state index contributed by atoms with van der Waals surface area (Å²) >= 11 is 0. The van der Waals surface area contributed by atoms with E-state index < -0.39 is 42.6 Å². The van der Waals surface area contributed by atoms with Gasteiger partial charge in [-0.25, -0.2) is 13.8 Å². The minimum Gasteiger partial charge on any atom is -0.484 e. The van der Waals surface area contributed by atoms with Crippen molar-refractivity contribution in [2.75, 3.05) is 23.7 Å². The van der Waals surface area contributed by atoms with E-state index in [1.165, 1.54) is 12.3 Å². The van der Waals surface area contributed by atoms with Crippen LogP contribution in [0.5, 0.6) is 5.75 Å². The number of carbonyl (C=O) groups is 1. The SMILES string of the molecule is CB(O)N1CCC(Oc2c(F)cc(Nc3ncccc3NC(=O)C(F)(F)F)cc2F)CC1. The van der Waals surface area contributed by atoms with E-state index in [9.17, 15) is 31.8 Å². The fraction of sp³-hybridized carbons (Fsp3) is 0.368. The van der Waals surface area contributed by atoms with E-state index in [1.54, 1.807) is 12.1 Å². The molecule has 1 saturated heterocycles. The Morgan fingerprint density at radius 3 is 2.44 bits per heavy atom. The predicted molar refractivity (Wildman–Crippen MR) is 108 cm³/mol. The first kappa shape index (κ1) is 23.7. The van der Waals surface area contributed by atoms with Crippen molar-refractivity contribution in [3.63, 3.8) is 0 Å². The van der Waals surface area contributed by atoms with Crippen molar-refractivity contribution in [2.45, 2.75) is 31.9 Å². The Bertz CT molecular complexity index is 945. The number of nitrogens with zero attached hydrogens (tertiary/aromatic N) is 2. The van der Waals surface area contributed by atoms with Crippen LogP contribution in [0.15, 0.2) is 30.5 Å². The number of alkyl halides is 3. The standard InChI is InChI=1S/C19H20BF5N4O3/c1-20(31)29-7-4-12(5-8-29)32-16-13(21)9-11(10-14(16)22)27-17-15(3-2-6-26-17)28-18(30)19(23,24)25/h2-3,6,9-10,12,31H,4-5,7-8H2,1H3,(H,26,27)(H,28,30). The van der Waals surface area contributed by atoms with E-state index in [0.717, 1.165) is 18.2 Å². The molecule has 0 spiro atoms. The van der Waals surface area contributed by atoms with Crippen LogP contribution in [-0.2, 0) is 4.79 Å². The first-order valence-corrected chi connectivity index (χ1v) is 9.72. The number of hydrogen-bond acceptors (Lipinski definition) is 6. The molecule has 0 radical (unpaired) electrons. The minimum absolute atomic E-state index is 0.141. The lowest BCUT2D eigenvalue weighted by Gasteiger charge is -2.32. The Hall–Kier alpha value is -2.93. The second-order valence-electron chi connectivity index (χ2n) is 7.23. The summed E-state index contributed by atoms with van der Waals surface area (Å²) in [6.45, 7) is 2.66. The summed E-state index contributed by atoms with van der Waals surface area (Å²) in [6.07, 6.45) is -3.38. The summed E-state index contributed by atoms with van der Waals surface area (Å²) in [5.41, 5.74) is -0.460. The van der Waals surface area contributed by atoms with Crippen LogP contribution >= 0.6 is 0 Å². The summed E-state index contributed by atoms with van der Waals surface area (Å²) < 4.78 is 72.1. The van der Waals surface area contributed by atoms with Crippen molar-refractivity contribution in [2.24, 2.45) is 0 Å². The highest BCUT2D eigenvalue weighted by Crippen LogP contribution is 2.31. The second kappa shape index (κ2) is 9.69. The molecule has 0 unspecified atom stereocenters. The van der Waals surface area contributed by atoms with Crippen LogP contribution in [0, 0.1) is 11.6 Å². The third-order valence-electron chi connectivity index (χ3n) is 4.86. The van der Waals surface area contributed by atoms with E-state index in [1.807, 2.05) is 4.81 Å². The summed E-state index contributed by atoms with van der Waals surface area (Å²) in [6, 6.07) is 4.27. The van der Waals surface area contributed by atoms with Gasteiger partial charge >= 0.3 is 19.1 Å². The van der Waals surface area contributed by atoms with Crippen molar-refractivity contribution < 1.29 is 36.5 Å². The Kier molecular flexibility index (Phi) is 7.19. The third-order valence-corrected chi connectivity index (χ3v) is 4.86. The maximum Gasteiger partial charge on any atom is 0.471 e. The summed E-state index contributed by atoms with van der Waals surface area (Å²) in [7, 11) is -0.618. The molecule has 2 heterocycles. The molecule has 1 aliphatic rings. The van der Waals surface area contributed by atoms with Crippen LogP contribution in [0.25, 0.3) is 0 Å². The molecule has 0 aliphatic carbocycles. The topological polar surface area (TPSA) is 86.7 Å². The Morgan fingerprint density at radius 2 is 1.88 bits per heavy atom. The van der Waals surface area contributed by atoms with E-state index in [2.05, 4.69) is 10.3 Å². The Morgan fingerprint density at radius 1 is 1.25 bits per heavy atom. The molecule has 3 rings (SSSR count). The minimum atomic E-state index is -5.12. The molecule has 3 N–H and O–H groups in total. The van der Waals surface area contributed by atoms with Gasteiger partial charge in [0.15, 0.2) is 23.2 Å². The zero-order valence-corrected chi connectivity index (χ0v) is 16.9. The zero-order valence-electron chi connectivity index (χ0n) is 16.9. The number of ether oxygens (including phenoxy) is 1. The fourth-order valence-electron chi connectivity index (χ4n) is 3.21. The molecule has 0 saturated carbocycles. The number of rotatable bonds is 6. The van der Waals surface area contributed by atoms with Crippen molar-refractivity contribution in [1.29, 1.82) is 0 Å². The largest absolute Gasteiger partial charge is 0.484 e. The Labute approximate surface area is 180 Å². The van der Waals surface area contributed by atoms with Crippen LogP contribution in [0.2, 0.25) is 6.82 Å². The molecule has 0 atom stereocenters. The first-order chi connectivity index (χ1) is 15.0. The number of amides is 1. The maximum atomic E-state index is 14.5. The second-order valence-corrected chi connectivity index (χ2v) is 7.23. The van der Waals surface area contributed by atoms with E-state index in [4.69, 9.17) is 4.74 Å². The number of halogens is 5. The summed E-state index contributed by atoms with van der Waals surface area (Å²) in [5.74, 6) is -5.04. The van der Waals surface area contributed by atoms with Crippen LogP contribution < -0.4 is 15.4 Å². The van der Waals surface area contributed by atoms with Gasteiger partial charge in [0.05, 0.1) is 5.69 Å². The number of aromatic nitrogens is 1. The lowest BCUT2D eigenvalue weighted by molar-refractivity contribution is -0.167. The van der Waals surface area contributed by atoms with Crippen LogP contribution in [-0.4, -0.2) is 53.1 Å². The zero-order chi connectivity index (χ0) is 23.5. The van der Waals surface area contributed by atoms with Crippen molar-refractivity contribution in [3.8, 4) is 5.75 Å². The lowest BCUT2D eigenvalue weighted by atomic mass is 9.82. The Balaban J connectivity index is 1.72. The van der Waals surface area contributed by atoms with E-state index in [-0.39, 0.29) is 17.2 Å². The number of anilines is 3. The number of piperidine rings is 1. The van der Waals surface area contributed by atoms with E-state index >= 15 is 0 Å². The quantitative estimate of drug-likeness (QED) is 0.454. The van der Waals surface area contributed by atoms with Crippen molar-refractivity contribution >= 4 is 30.2 Å². The van der Waals surface area contributed by atoms with Gasteiger partial charge in [0, 0.05) is 24.0 Å². The lowest BCUT2D eigenvalue weighted by Crippen LogP contribution is -2.45. The molecule has 1 fully saturated rings. The number of pyridine rings is 1. The van der Waals surface area contributed by atoms with E-state index in [0.29, 0.717) is 25.9 Å². The van der Waals surface area contributed by atoms with Gasteiger partial charge in [-0.1, -0.05) is 0 Å². The number of hydrogen-bond donors (Lipinski definition) is 3. The number of nitrogens with one attached hydrogen (secondary N) is 2. The monoisotopic (exact) mass is 458 g/mol. The van der Waals surface area contributed by atoms with Gasteiger partial charge in [0.1, 0.15) is 6.10 Å². The first-order valence-electron chi connectivity index (χ1n) is 9.72. The molecule has 32 heavy (non-hydrogen) atoms. The van der Waals surface area contributed by atoms with Gasteiger partial charge in [0.2, 0.25) is 0 Å². The smallest absolute Gasteiger partial charge is 0.471 e. The maximum absolute atomic E-state index is 14.5. The van der Waals surface area contributed by atoms with Gasteiger partial charge in [-0.05, 0) is 44.9 Å². The molecule has 1 aromatic carbocycles. The molecule has 2 aromatic rings. The van der Waals surface area contributed by atoms with Gasteiger partial charge in [-0.15, -0.1) is 0 Å². The molecule has 1 aliphatic heterocycles. The highest BCUT2D eigenvalue weighted by atomic mass is 19.4. The van der Waals surface area contributed by atoms with Crippen molar-refractivity contribution in [1.82, 2.24) is 9.79 Å². The molecule has 172 valence electrons. The molecular formula is C19H20BF5N4O3. The highest BCUT2D eigenvalue weighted by molar-refractivity contribution is 6.45. The highest BCUT2D eigenvalue weighted by Gasteiger charge is 2.39. The van der Waals surface area contributed by atoms with Gasteiger partial charge in [-0.2, -0.15) is 13.2 Å². The number of carbonyl (C=O) groups excluding carboxylic acids is 1. The van der Waals surface area contributed by atoms with Crippen molar-refractivity contribution in [3.05, 3.63) is 42.1 Å². The van der Waals surface area contributed by atoms with Crippen LogP contribution in [0.3, 0.4) is 0 Å². The predicted octanol–water partition coefficient (Wildman–Crippen LogP) is 3.56. The van der Waals surface area contributed by atoms with Crippen LogP contribution in [0.4, 0.5) is 39.1 Å². The summed E-state index contributed by atoms with van der Waals surface area (Å²) in [5, 5.41) is 13.7. The van der Waals surface area contributed by atoms with Gasteiger partial charge in [-0.3, -0.25) is 4.79 Å². The normalized spacial score (nSPS) is 15.3. The molecule has 7 nitrogen and oxygen atoms in total. The summed E-state index contributed by atoms with van der Waals surface area (Å²) in [4.78, 5) is 16.8. The molecule has 1 amide bonds. The molecule has 1 aromatic heterocycles. The number of benzene rings is 1.